The van der Waals surface area contributed by atoms with Crippen LogP contribution in [0.1, 0.15) is 46.7 Å². The second-order valence-electron chi connectivity index (χ2n) is 14.8. The summed E-state index contributed by atoms with van der Waals surface area (Å²) in [5.74, 6) is -1.28. The van der Waals surface area contributed by atoms with Gasteiger partial charge in [0.1, 0.15) is 18.7 Å². The fourth-order valence-corrected chi connectivity index (χ4v) is 7.94. The topological polar surface area (TPSA) is 103 Å². The Labute approximate surface area is 335 Å². The van der Waals surface area contributed by atoms with Gasteiger partial charge in [0, 0.05) is 45.7 Å². The maximum absolute atomic E-state index is 14.5. The number of nitrogens with one attached hydrogen (secondary N) is 1. The number of amides is 4. The Bertz CT molecular complexity index is 2080. The molecule has 3 heterocycles. The minimum Gasteiger partial charge on any atom is -0.447 e. The smallest absolute Gasteiger partial charge is 0.416 e. The zero-order chi connectivity index (χ0) is 40.6. The van der Waals surface area contributed by atoms with E-state index in [1.54, 1.807) is 11.0 Å². The van der Waals surface area contributed by atoms with Gasteiger partial charge in [-0.3, -0.25) is 24.2 Å². The summed E-state index contributed by atoms with van der Waals surface area (Å²) >= 11 is 0. The number of nitrogens with zero attached hydrogens (tertiary/aromatic N) is 4. The Morgan fingerprint density at radius 1 is 0.828 bits per heavy atom. The number of hydrogen-bond acceptors (Lipinski definition) is 6. The van der Waals surface area contributed by atoms with E-state index in [0.29, 0.717) is 26.2 Å². The Hall–Kier alpha value is -5.95. The number of hydrogen-bond donors (Lipinski definition) is 1. The van der Waals surface area contributed by atoms with Crippen molar-refractivity contribution >= 4 is 29.9 Å². The maximum atomic E-state index is 14.5. The highest BCUT2D eigenvalue weighted by Gasteiger charge is 2.58. The van der Waals surface area contributed by atoms with Gasteiger partial charge in [-0.15, -0.1) is 0 Å². The van der Waals surface area contributed by atoms with Gasteiger partial charge < -0.3 is 19.9 Å². The highest BCUT2D eigenvalue weighted by Crippen LogP contribution is 2.39. The molecule has 10 nitrogen and oxygen atoms in total. The molecule has 3 fully saturated rings. The summed E-state index contributed by atoms with van der Waals surface area (Å²) in [6.45, 7) is 3.11. The third-order valence-electron chi connectivity index (χ3n) is 11.1. The molecule has 0 saturated carbocycles. The molecule has 302 valence electrons. The first-order valence-corrected chi connectivity index (χ1v) is 19.6. The lowest BCUT2D eigenvalue weighted by Crippen LogP contribution is -2.74. The van der Waals surface area contributed by atoms with Gasteiger partial charge >= 0.3 is 12.3 Å². The van der Waals surface area contributed by atoms with Crippen molar-refractivity contribution in [2.24, 2.45) is 0 Å². The number of carbonyl (C=O) groups excluding carboxylic acids is 4. The minimum absolute atomic E-state index is 0.0384. The molecule has 4 atom stereocenters. The number of benzene rings is 4. The zero-order valence-electron chi connectivity index (χ0n) is 32.0. The van der Waals surface area contributed by atoms with Gasteiger partial charge in [0.25, 0.3) is 0 Å². The second-order valence-corrected chi connectivity index (χ2v) is 14.8. The molecule has 3 aliphatic rings. The number of β-lactam (4-membered cyclic amide) rings is 1. The van der Waals surface area contributed by atoms with E-state index in [4.69, 9.17) is 4.74 Å². The van der Waals surface area contributed by atoms with E-state index in [-0.39, 0.29) is 37.5 Å². The molecule has 0 unspecified atom stereocenters. The number of alkyl halides is 3. The minimum atomic E-state index is -4.57. The third kappa shape index (κ3) is 9.42. The molecule has 0 aromatic heterocycles. The fourth-order valence-electron chi connectivity index (χ4n) is 7.94. The van der Waals surface area contributed by atoms with Crippen LogP contribution >= 0.6 is 0 Å². The summed E-state index contributed by atoms with van der Waals surface area (Å²) in [4.78, 5) is 62.6. The molecule has 3 aliphatic heterocycles. The van der Waals surface area contributed by atoms with E-state index >= 15 is 0 Å². The highest BCUT2D eigenvalue weighted by atomic mass is 19.4. The fraction of sp³-hybridized carbons (Fsp3) is 0.333. The molecule has 0 radical (unpaired) electrons. The lowest BCUT2D eigenvalue weighted by molar-refractivity contribution is -0.163. The van der Waals surface area contributed by atoms with E-state index in [1.807, 2.05) is 84.9 Å². The zero-order valence-corrected chi connectivity index (χ0v) is 32.0. The van der Waals surface area contributed by atoms with Crippen molar-refractivity contribution in [2.45, 2.75) is 56.2 Å². The van der Waals surface area contributed by atoms with Crippen LogP contribution < -0.4 is 5.32 Å². The van der Waals surface area contributed by atoms with Gasteiger partial charge in [0.05, 0.1) is 17.6 Å². The van der Waals surface area contributed by atoms with Crippen molar-refractivity contribution in [1.29, 1.82) is 0 Å². The molecule has 0 bridgehead atoms. The molecule has 1 N–H and O–H groups in total. The molecule has 4 aromatic carbocycles. The molecule has 3 saturated heterocycles. The van der Waals surface area contributed by atoms with Crippen molar-refractivity contribution in [2.75, 3.05) is 39.3 Å². The largest absolute Gasteiger partial charge is 0.447 e. The van der Waals surface area contributed by atoms with Gasteiger partial charge in [0.15, 0.2) is 0 Å². The molecule has 7 rings (SSSR count). The Morgan fingerprint density at radius 2 is 1.48 bits per heavy atom. The first-order chi connectivity index (χ1) is 28.1. The predicted molar refractivity (Wildman–Crippen MR) is 212 cm³/mol. The number of piperazine rings is 1. The molecule has 4 amide bonds. The van der Waals surface area contributed by atoms with E-state index in [1.165, 1.54) is 27.5 Å². The van der Waals surface area contributed by atoms with Crippen LogP contribution in [0.3, 0.4) is 0 Å². The lowest BCUT2D eigenvalue weighted by Gasteiger charge is -2.52. The maximum Gasteiger partial charge on any atom is 0.416 e. The average Bonchev–Trinajstić information content (AvgIpc) is 3.62. The van der Waals surface area contributed by atoms with E-state index in [0.717, 1.165) is 36.2 Å². The Balaban J connectivity index is 1.11. The standard InChI is InChI=1S/C45H46F3N5O5/c46-45(47,48)36-18-10-15-34(29-36)30-49-42(55)38(21-22-40(54)51-27-25-50(26-28-51)24-23-33-13-6-2-7-14-33)52-37(20-19-32-11-4-1-5-12-32)41(43(52)56)53-39(31-58-44(53)57)35-16-8-3-9-17-35/h1-20,29,37-39,41H,21-28,30-31H2,(H,49,55)/b20-19+/t37-,38+,39-,41+/m1/s1. The molecule has 0 spiro atoms. The first kappa shape index (κ1) is 40.3. The normalized spacial score (nSPS) is 20.5. The summed E-state index contributed by atoms with van der Waals surface area (Å²) in [6, 6.07) is 29.9. The van der Waals surface area contributed by atoms with Crippen molar-refractivity contribution in [3.63, 3.8) is 0 Å². The van der Waals surface area contributed by atoms with E-state index in [2.05, 4.69) is 22.3 Å². The molecule has 0 aliphatic carbocycles. The van der Waals surface area contributed by atoms with Crippen LogP contribution in [0.2, 0.25) is 0 Å². The summed E-state index contributed by atoms with van der Waals surface area (Å²) in [6.07, 6.45) is -0.821. The number of carbonyl (C=O) groups is 4. The Kier molecular flexibility index (Phi) is 12.6. The molecule has 58 heavy (non-hydrogen) atoms. The second kappa shape index (κ2) is 18.1. The third-order valence-corrected chi connectivity index (χ3v) is 11.1. The highest BCUT2D eigenvalue weighted by molar-refractivity contribution is 5.98. The number of halogens is 3. The first-order valence-electron chi connectivity index (χ1n) is 19.6. The number of rotatable bonds is 14. The number of likely N-dealkylation sites (tertiary alicyclic amines) is 1. The van der Waals surface area contributed by atoms with Gasteiger partial charge in [0.2, 0.25) is 17.7 Å². The summed E-state index contributed by atoms with van der Waals surface area (Å²) in [7, 11) is 0. The average molecular weight is 794 g/mol. The van der Waals surface area contributed by atoms with Crippen molar-refractivity contribution < 1.29 is 37.1 Å². The molecular weight excluding hydrogens is 748 g/mol. The van der Waals surface area contributed by atoms with Crippen LogP contribution in [0.25, 0.3) is 6.08 Å². The molecule has 4 aromatic rings. The van der Waals surface area contributed by atoms with Crippen LogP contribution in [-0.4, -0.2) is 101 Å². The number of cyclic esters (lactones) is 1. The monoisotopic (exact) mass is 793 g/mol. The number of ether oxygens (including phenoxy) is 1. The summed E-state index contributed by atoms with van der Waals surface area (Å²) < 4.78 is 46.0. The van der Waals surface area contributed by atoms with Crippen LogP contribution in [0.5, 0.6) is 0 Å². The van der Waals surface area contributed by atoms with Gasteiger partial charge in [-0.2, -0.15) is 13.2 Å². The van der Waals surface area contributed by atoms with E-state index < -0.39 is 53.8 Å². The van der Waals surface area contributed by atoms with Crippen LogP contribution in [0.15, 0.2) is 121 Å². The predicted octanol–water partition coefficient (Wildman–Crippen LogP) is 6.34. The van der Waals surface area contributed by atoms with Gasteiger partial charge in [-0.1, -0.05) is 115 Å². The summed E-state index contributed by atoms with van der Waals surface area (Å²) in [5.41, 5.74) is 2.23. The lowest BCUT2D eigenvalue weighted by atomic mass is 9.87. The van der Waals surface area contributed by atoms with Crippen molar-refractivity contribution in [3.8, 4) is 0 Å². The Morgan fingerprint density at radius 3 is 2.17 bits per heavy atom. The van der Waals surface area contributed by atoms with E-state index in [9.17, 15) is 32.3 Å². The van der Waals surface area contributed by atoms with Gasteiger partial charge in [-0.05, 0) is 47.2 Å². The van der Waals surface area contributed by atoms with Crippen LogP contribution in [0.4, 0.5) is 18.0 Å². The van der Waals surface area contributed by atoms with Crippen molar-refractivity contribution in [3.05, 3.63) is 149 Å². The van der Waals surface area contributed by atoms with Crippen LogP contribution in [-0.2, 0) is 38.3 Å². The SMILES string of the molecule is O=C(NCc1cccc(C(F)(F)F)c1)[C@H](CCC(=O)N1CCN(CCc2ccccc2)CC1)N1C(=O)[C@@H](N2C(=O)OC[C@@H]2c2ccccc2)[C@H]1/C=C/c1ccccc1. The molecule has 13 heteroatoms. The summed E-state index contributed by atoms with van der Waals surface area (Å²) in [5, 5.41) is 2.75. The van der Waals surface area contributed by atoms with Crippen LogP contribution in [0, 0.1) is 0 Å². The quantitative estimate of drug-likeness (QED) is 0.150. The molecular formula is C45H46F3N5O5. The van der Waals surface area contributed by atoms with Gasteiger partial charge in [-0.25, -0.2) is 4.79 Å². The van der Waals surface area contributed by atoms with Crippen molar-refractivity contribution in [1.82, 2.24) is 24.9 Å².